The van der Waals surface area contributed by atoms with Gasteiger partial charge in [0.1, 0.15) is 11.5 Å². The van der Waals surface area contributed by atoms with Gasteiger partial charge in [0.05, 0.1) is 12.8 Å². The van der Waals surface area contributed by atoms with E-state index in [0.29, 0.717) is 23.0 Å². The van der Waals surface area contributed by atoms with Gasteiger partial charge in [0.2, 0.25) is 0 Å². The van der Waals surface area contributed by atoms with Crippen LogP contribution in [-0.2, 0) is 4.79 Å². The standard InChI is InChI=1S/C20H26N2O3/c1-5-13(2)16-8-6-7-9-18(16)25-14(3)20(23)22-17-12-15(21)10-11-19(17)24-4/h6-14H,5,21H2,1-4H3,(H,22,23)/t13-,14-/m0/s1. The molecule has 0 aliphatic heterocycles. The van der Waals surface area contributed by atoms with Gasteiger partial charge in [-0.25, -0.2) is 0 Å². The van der Waals surface area contributed by atoms with Crippen LogP contribution in [0.25, 0.3) is 0 Å². The Morgan fingerprint density at radius 3 is 2.56 bits per heavy atom. The molecule has 0 saturated carbocycles. The van der Waals surface area contributed by atoms with E-state index in [9.17, 15) is 4.79 Å². The lowest BCUT2D eigenvalue weighted by molar-refractivity contribution is -0.122. The first kappa shape index (κ1) is 18.6. The van der Waals surface area contributed by atoms with E-state index in [1.807, 2.05) is 24.3 Å². The molecule has 5 heteroatoms. The van der Waals surface area contributed by atoms with Crippen LogP contribution in [0.3, 0.4) is 0 Å². The average Bonchev–Trinajstić information content (AvgIpc) is 2.61. The Kier molecular flexibility index (Phi) is 6.28. The zero-order valence-corrected chi connectivity index (χ0v) is 15.2. The van der Waals surface area contributed by atoms with Gasteiger partial charge in [-0.1, -0.05) is 32.0 Å². The maximum Gasteiger partial charge on any atom is 0.265 e. The second-order valence-electron chi connectivity index (χ2n) is 6.06. The van der Waals surface area contributed by atoms with Crippen LogP contribution < -0.4 is 20.5 Å². The lowest BCUT2D eigenvalue weighted by Crippen LogP contribution is -2.30. The Balaban J connectivity index is 2.13. The molecule has 5 nitrogen and oxygen atoms in total. The minimum absolute atomic E-state index is 0.261. The molecule has 2 rings (SSSR count). The SMILES string of the molecule is CC[C@H](C)c1ccccc1O[C@@H](C)C(=O)Nc1cc(N)ccc1OC. The third kappa shape index (κ3) is 4.66. The highest BCUT2D eigenvalue weighted by atomic mass is 16.5. The number of para-hydroxylation sites is 1. The second kappa shape index (κ2) is 8.42. The summed E-state index contributed by atoms with van der Waals surface area (Å²) in [4.78, 5) is 12.5. The van der Waals surface area contributed by atoms with Crippen LogP contribution >= 0.6 is 0 Å². The lowest BCUT2D eigenvalue weighted by Gasteiger charge is -2.20. The van der Waals surface area contributed by atoms with Gasteiger partial charge in [0.15, 0.2) is 6.10 Å². The van der Waals surface area contributed by atoms with Crippen molar-refractivity contribution in [2.45, 2.75) is 39.2 Å². The monoisotopic (exact) mass is 342 g/mol. The summed E-state index contributed by atoms with van der Waals surface area (Å²) in [5.74, 6) is 1.39. The van der Waals surface area contributed by atoms with Crippen LogP contribution in [-0.4, -0.2) is 19.1 Å². The number of hydrogen-bond acceptors (Lipinski definition) is 4. The molecule has 0 aliphatic carbocycles. The van der Waals surface area contributed by atoms with E-state index in [1.165, 1.54) is 0 Å². The average molecular weight is 342 g/mol. The number of carbonyl (C=O) groups is 1. The van der Waals surface area contributed by atoms with Crippen LogP contribution in [0.15, 0.2) is 42.5 Å². The summed E-state index contributed by atoms with van der Waals surface area (Å²) >= 11 is 0. The van der Waals surface area contributed by atoms with Crippen molar-refractivity contribution in [3.63, 3.8) is 0 Å². The van der Waals surface area contributed by atoms with Gasteiger partial charge in [-0.05, 0) is 49.1 Å². The van der Waals surface area contributed by atoms with E-state index in [2.05, 4.69) is 19.2 Å². The molecular formula is C20H26N2O3. The van der Waals surface area contributed by atoms with Crippen molar-refractivity contribution in [2.75, 3.05) is 18.2 Å². The third-order valence-corrected chi connectivity index (χ3v) is 4.22. The van der Waals surface area contributed by atoms with Crippen LogP contribution in [0, 0.1) is 0 Å². The first-order valence-corrected chi connectivity index (χ1v) is 8.46. The number of nitrogens with one attached hydrogen (secondary N) is 1. The Morgan fingerprint density at radius 2 is 1.88 bits per heavy atom. The van der Waals surface area contributed by atoms with Gasteiger partial charge in [0.25, 0.3) is 5.91 Å². The van der Waals surface area contributed by atoms with E-state index >= 15 is 0 Å². The van der Waals surface area contributed by atoms with Crippen molar-refractivity contribution >= 4 is 17.3 Å². The Labute approximate surface area is 149 Å². The topological polar surface area (TPSA) is 73.6 Å². The summed E-state index contributed by atoms with van der Waals surface area (Å²) in [5.41, 5.74) is 7.96. The van der Waals surface area contributed by atoms with E-state index < -0.39 is 6.10 Å². The molecule has 1 amide bonds. The zero-order valence-electron chi connectivity index (χ0n) is 15.2. The number of methoxy groups -OCH3 is 1. The first-order valence-electron chi connectivity index (χ1n) is 8.46. The van der Waals surface area contributed by atoms with Gasteiger partial charge in [-0.2, -0.15) is 0 Å². The van der Waals surface area contributed by atoms with Crippen LogP contribution in [0.5, 0.6) is 11.5 Å². The maximum atomic E-state index is 12.5. The molecule has 0 fully saturated rings. The number of amides is 1. The summed E-state index contributed by atoms with van der Waals surface area (Å²) in [5, 5.41) is 2.82. The van der Waals surface area contributed by atoms with E-state index in [1.54, 1.807) is 32.2 Å². The normalized spacial score (nSPS) is 13.0. The molecule has 0 radical (unpaired) electrons. The van der Waals surface area contributed by atoms with Crippen LogP contribution in [0.4, 0.5) is 11.4 Å². The summed E-state index contributed by atoms with van der Waals surface area (Å²) in [6.07, 6.45) is 0.345. The molecule has 0 saturated heterocycles. The Morgan fingerprint density at radius 1 is 1.16 bits per heavy atom. The molecule has 0 spiro atoms. The smallest absolute Gasteiger partial charge is 0.265 e. The lowest BCUT2D eigenvalue weighted by atomic mass is 9.98. The van der Waals surface area contributed by atoms with Crippen molar-refractivity contribution in [3.05, 3.63) is 48.0 Å². The van der Waals surface area contributed by atoms with Crippen molar-refractivity contribution < 1.29 is 14.3 Å². The van der Waals surface area contributed by atoms with E-state index in [4.69, 9.17) is 15.2 Å². The number of carbonyl (C=O) groups excluding carboxylic acids is 1. The highest BCUT2D eigenvalue weighted by Gasteiger charge is 2.19. The molecule has 2 atom stereocenters. The molecule has 2 aromatic carbocycles. The number of nitrogen functional groups attached to an aromatic ring is 1. The number of benzene rings is 2. The molecule has 0 aliphatic rings. The molecular weight excluding hydrogens is 316 g/mol. The van der Waals surface area contributed by atoms with Gasteiger partial charge in [0, 0.05) is 5.69 Å². The summed E-state index contributed by atoms with van der Waals surface area (Å²) in [6, 6.07) is 12.9. The molecule has 2 aromatic rings. The Bertz CT molecular complexity index is 731. The molecule has 3 N–H and O–H groups in total. The third-order valence-electron chi connectivity index (χ3n) is 4.22. The van der Waals surface area contributed by atoms with Crippen molar-refractivity contribution in [1.82, 2.24) is 0 Å². The van der Waals surface area contributed by atoms with Gasteiger partial charge in [-0.15, -0.1) is 0 Å². The molecule has 25 heavy (non-hydrogen) atoms. The largest absolute Gasteiger partial charge is 0.495 e. The molecule has 0 aromatic heterocycles. The fourth-order valence-corrected chi connectivity index (χ4v) is 2.52. The van der Waals surface area contributed by atoms with Crippen molar-refractivity contribution in [2.24, 2.45) is 0 Å². The van der Waals surface area contributed by atoms with E-state index in [-0.39, 0.29) is 5.91 Å². The summed E-state index contributed by atoms with van der Waals surface area (Å²) in [7, 11) is 1.55. The van der Waals surface area contributed by atoms with Gasteiger partial charge in [-0.3, -0.25) is 4.79 Å². The van der Waals surface area contributed by atoms with Gasteiger partial charge < -0.3 is 20.5 Å². The molecule has 0 unspecified atom stereocenters. The number of nitrogens with two attached hydrogens (primary N) is 1. The van der Waals surface area contributed by atoms with Crippen molar-refractivity contribution in [1.29, 1.82) is 0 Å². The van der Waals surface area contributed by atoms with Crippen molar-refractivity contribution in [3.8, 4) is 11.5 Å². The number of rotatable bonds is 7. The second-order valence-corrected chi connectivity index (χ2v) is 6.06. The fraction of sp³-hybridized carbons (Fsp3) is 0.350. The quantitative estimate of drug-likeness (QED) is 0.740. The van der Waals surface area contributed by atoms with Crippen LogP contribution in [0.1, 0.15) is 38.7 Å². The first-order chi connectivity index (χ1) is 12.0. The highest BCUT2D eigenvalue weighted by Crippen LogP contribution is 2.30. The summed E-state index contributed by atoms with van der Waals surface area (Å²) in [6.45, 7) is 6.00. The predicted octanol–water partition coefficient (Wildman–Crippen LogP) is 4.20. The summed E-state index contributed by atoms with van der Waals surface area (Å²) < 4.78 is 11.2. The molecule has 0 bridgehead atoms. The highest BCUT2D eigenvalue weighted by molar-refractivity contribution is 5.96. The maximum absolute atomic E-state index is 12.5. The number of anilines is 2. The Hall–Kier alpha value is -2.69. The number of ether oxygens (including phenoxy) is 2. The van der Waals surface area contributed by atoms with Crippen LogP contribution in [0.2, 0.25) is 0 Å². The van der Waals surface area contributed by atoms with E-state index in [0.717, 1.165) is 17.7 Å². The minimum atomic E-state index is -0.656. The fourth-order valence-electron chi connectivity index (χ4n) is 2.52. The van der Waals surface area contributed by atoms with Gasteiger partial charge >= 0.3 is 0 Å². The number of hydrogen-bond donors (Lipinski definition) is 2. The zero-order chi connectivity index (χ0) is 18.4. The molecule has 134 valence electrons. The minimum Gasteiger partial charge on any atom is -0.495 e. The predicted molar refractivity (Wildman–Crippen MR) is 101 cm³/mol. The molecule has 0 heterocycles.